The molecule has 2 aromatic rings. The molecule has 0 bridgehead atoms. The third-order valence-electron chi connectivity index (χ3n) is 4.33. The first kappa shape index (κ1) is 14.7. The molecule has 6 heteroatoms. The fraction of sp³-hybridized carbons (Fsp3) is 0.278. The van der Waals surface area contributed by atoms with Crippen molar-refractivity contribution in [3.05, 3.63) is 60.5 Å². The molecule has 24 heavy (non-hydrogen) atoms. The zero-order valence-corrected chi connectivity index (χ0v) is 13.8. The number of nitrogens with zero attached hydrogens (tertiary/aromatic N) is 5. The number of hydrogen-bond donors (Lipinski definition) is 1. The molecule has 0 radical (unpaired) electrons. The van der Waals surface area contributed by atoms with Gasteiger partial charge in [-0.25, -0.2) is 9.98 Å². The van der Waals surface area contributed by atoms with Gasteiger partial charge in [0.25, 0.3) is 0 Å². The molecular weight excluding hydrogens is 300 g/mol. The Kier molecular flexibility index (Phi) is 3.65. The third kappa shape index (κ3) is 2.71. The topological polar surface area (TPSA) is 58.3 Å². The molecule has 2 aliphatic heterocycles. The van der Waals surface area contributed by atoms with Crippen LogP contribution in [0.1, 0.15) is 19.2 Å². The van der Waals surface area contributed by atoms with Crippen molar-refractivity contribution >= 4 is 5.84 Å². The molecule has 1 atom stereocenters. The number of imidazole rings is 1. The second-order valence-corrected chi connectivity index (χ2v) is 6.12. The van der Waals surface area contributed by atoms with Crippen LogP contribution in [0.5, 0.6) is 0 Å². The lowest BCUT2D eigenvalue weighted by Gasteiger charge is -2.24. The maximum absolute atomic E-state index is 4.77. The van der Waals surface area contributed by atoms with Crippen LogP contribution in [-0.2, 0) is 13.5 Å². The molecule has 6 nitrogen and oxygen atoms in total. The Labute approximate surface area is 141 Å². The van der Waals surface area contributed by atoms with Gasteiger partial charge in [0.1, 0.15) is 11.7 Å². The van der Waals surface area contributed by atoms with E-state index in [-0.39, 0.29) is 6.17 Å². The van der Waals surface area contributed by atoms with E-state index < -0.39 is 0 Å². The number of rotatable bonds is 4. The van der Waals surface area contributed by atoms with Crippen molar-refractivity contribution in [2.24, 2.45) is 12.0 Å². The lowest BCUT2D eigenvalue weighted by Crippen LogP contribution is -2.38. The zero-order chi connectivity index (χ0) is 16.5. The zero-order valence-electron chi connectivity index (χ0n) is 13.8. The van der Waals surface area contributed by atoms with Gasteiger partial charge in [-0.1, -0.05) is 6.08 Å². The van der Waals surface area contributed by atoms with Gasteiger partial charge in [0.05, 0.1) is 5.69 Å². The van der Waals surface area contributed by atoms with Gasteiger partial charge in [-0.05, 0) is 30.7 Å². The Morgan fingerprint density at radius 1 is 1.29 bits per heavy atom. The molecule has 0 amide bonds. The second-order valence-electron chi connectivity index (χ2n) is 6.12. The van der Waals surface area contributed by atoms with Crippen LogP contribution >= 0.6 is 0 Å². The number of aryl methyl sites for hydroxylation is 2. The number of amidine groups is 1. The molecule has 0 fully saturated rings. The minimum absolute atomic E-state index is 0.0947. The molecule has 4 rings (SSSR count). The fourth-order valence-electron chi connectivity index (χ4n) is 3.00. The minimum Gasteiger partial charge on any atom is -0.337 e. The van der Waals surface area contributed by atoms with E-state index in [2.05, 4.69) is 34.2 Å². The average molecular weight is 320 g/mol. The van der Waals surface area contributed by atoms with Gasteiger partial charge < -0.3 is 4.57 Å². The Morgan fingerprint density at radius 2 is 2.21 bits per heavy atom. The SMILES string of the molecule is CC1=CC=CN2NC(CCc3nc(-c4cccnc4)cn3C)=NC12. The summed E-state index contributed by atoms with van der Waals surface area (Å²) >= 11 is 0. The summed E-state index contributed by atoms with van der Waals surface area (Å²) in [5, 5.41) is 2.05. The number of allylic oxidation sites excluding steroid dienone is 2. The van der Waals surface area contributed by atoms with E-state index in [1.165, 1.54) is 5.57 Å². The number of hydrazine groups is 1. The summed E-state index contributed by atoms with van der Waals surface area (Å²) in [5.41, 5.74) is 6.61. The first-order valence-corrected chi connectivity index (χ1v) is 8.10. The quantitative estimate of drug-likeness (QED) is 0.940. The standard InChI is InChI=1S/C18H20N6/c1-13-5-4-10-24-18(13)21-16(22-24)7-8-17-20-15(12-23(17)2)14-6-3-9-19-11-14/h3-6,9-12,18H,7-8H2,1-2H3,(H,21,22). The molecule has 4 heterocycles. The van der Waals surface area contributed by atoms with E-state index in [1.54, 1.807) is 6.20 Å². The van der Waals surface area contributed by atoms with Crippen molar-refractivity contribution in [3.63, 3.8) is 0 Å². The van der Waals surface area contributed by atoms with Gasteiger partial charge in [0.15, 0.2) is 6.17 Å². The van der Waals surface area contributed by atoms with Gasteiger partial charge in [0.2, 0.25) is 0 Å². The number of pyridine rings is 1. The highest BCUT2D eigenvalue weighted by Gasteiger charge is 2.26. The van der Waals surface area contributed by atoms with E-state index >= 15 is 0 Å². The molecule has 1 N–H and O–H groups in total. The maximum atomic E-state index is 4.77. The van der Waals surface area contributed by atoms with E-state index in [1.807, 2.05) is 42.7 Å². The van der Waals surface area contributed by atoms with E-state index in [9.17, 15) is 0 Å². The average Bonchev–Trinajstić information content (AvgIpc) is 3.18. The van der Waals surface area contributed by atoms with Gasteiger partial charge in [-0.3, -0.25) is 15.4 Å². The third-order valence-corrected chi connectivity index (χ3v) is 4.33. The van der Waals surface area contributed by atoms with Crippen LogP contribution in [-0.4, -0.2) is 31.5 Å². The highest BCUT2D eigenvalue weighted by Crippen LogP contribution is 2.21. The molecule has 0 spiro atoms. The van der Waals surface area contributed by atoms with Crippen molar-refractivity contribution in [2.45, 2.75) is 25.9 Å². The summed E-state index contributed by atoms with van der Waals surface area (Å²) in [4.78, 5) is 13.7. The predicted octanol–water partition coefficient (Wildman–Crippen LogP) is 2.43. The van der Waals surface area contributed by atoms with Gasteiger partial charge in [0, 0.05) is 50.2 Å². The Hall–Kier alpha value is -2.89. The van der Waals surface area contributed by atoms with E-state index in [0.717, 1.165) is 35.8 Å². The van der Waals surface area contributed by atoms with Crippen molar-refractivity contribution in [2.75, 3.05) is 0 Å². The first-order chi connectivity index (χ1) is 11.7. The van der Waals surface area contributed by atoms with Crippen LogP contribution in [0.3, 0.4) is 0 Å². The number of fused-ring (bicyclic) bond motifs is 1. The molecular formula is C18H20N6. The van der Waals surface area contributed by atoms with Crippen LogP contribution < -0.4 is 5.43 Å². The van der Waals surface area contributed by atoms with Gasteiger partial charge in [-0.15, -0.1) is 0 Å². The van der Waals surface area contributed by atoms with Crippen molar-refractivity contribution in [3.8, 4) is 11.3 Å². The second kappa shape index (κ2) is 5.96. The van der Waals surface area contributed by atoms with Crippen LogP contribution in [0, 0.1) is 0 Å². The number of aromatic nitrogens is 3. The smallest absolute Gasteiger partial charge is 0.162 e. The predicted molar refractivity (Wildman–Crippen MR) is 93.9 cm³/mol. The molecule has 1 unspecified atom stereocenters. The number of hydrogen-bond acceptors (Lipinski definition) is 5. The van der Waals surface area contributed by atoms with E-state index in [4.69, 9.17) is 9.98 Å². The summed E-state index contributed by atoms with van der Waals surface area (Å²) in [6, 6.07) is 3.96. The van der Waals surface area contributed by atoms with Crippen LogP contribution in [0.25, 0.3) is 11.3 Å². The highest BCUT2D eigenvalue weighted by molar-refractivity contribution is 5.84. The van der Waals surface area contributed by atoms with Gasteiger partial charge >= 0.3 is 0 Å². The van der Waals surface area contributed by atoms with Crippen LogP contribution in [0.4, 0.5) is 0 Å². The lowest BCUT2D eigenvalue weighted by atomic mass is 10.2. The Balaban J connectivity index is 1.46. The van der Waals surface area contributed by atoms with Gasteiger partial charge in [-0.2, -0.15) is 0 Å². The number of aliphatic imine (C=N–C) groups is 1. The monoisotopic (exact) mass is 320 g/mol. The normalized spacial score (nSPS) is 18.9. The largest absolute Gasteiger partial charge is 0.337 e. The molecule has 122 valence electrons. The lowest BCUT2D eigenvalue weighted by molar-refractivity contribution is 0.301. The van der Waals surface area contributed by atoms with Crippen molar-refractivity contribution in [1.82, 2.24) is 25.0 Å². The molecule has 2 aromatic heterocycles. The molecule has 2 aliphatic rings. The summed E-state index contributed by atoms with van der Waals surface area (Å²) < 4.78 is 2.08. The van der Waals surface area contributed by atoms with Crippen LogP contribution in [0.2, 0.25) is 0 Å². The Bertz CT molecular complexity index is 830. The molecule has 0 saturated heterocycles. The summed E-state index contributed by atoms with van der Waals surface area (Å²) in [6.07, 6.45) is 13.6. The Morgan fingerprint density at radius 3 is 3.00 bits per heavy atom. The minimum atomic E-state index is 0.0947. The summed E-state index contributed by atoms with van der Waals surface area (Å²) in [5.74, 6) is 2.05. The fourth-order valence-corrected chi connectivity index (χ4v) is 3.00. The number of nitrogens with one attached hydrogen (secondary N) is 1. The first-order valence-electron chi connectivity index (χ1n) is 8.10. The summed E-state index contributed by atoms with van der Waals surface area (Å²) in [6.45, 7) is 2.11. The molecule has 0 aliphatic carbocycles. The summed E-state index contributed by atoms with van der Waals surface area (Å²) in [7, 11) is 2.03. The van der Waals surface area contributed by atoms with Crippen LogP contribution in [0.15, 0.2) is 59.6 Å². The van der Waals surface area contributed by atoms with Crippen molar-refractivity contribution < 1.29 is 0 Å². The highest BCUT2D eigenvalue weighted by atomic mass is 15.6. The van der Waals surface area contributed by atoms with E-state index in [0.29, 0.717) is 0 Å². The van der Waals surface area contributed by atoms with Crippen molar-refractivity contribution in [1.29, 1.82) is 0 Å². The molecule has 0 aromatic carbocycles. The maximum Gasteiger partial charge on any atom is 0.162 e. The molecule has 0 saturated carbocycles.